The summed E-state index contributed by atoms with van der Waals surface area (Å²) in [5.74, 6) is 1.60. The number of benzene rings is 1. The number of amides is 1. The van der Waals surface area contributed by atoms with Gasteiger partial charge in [0.1, 0.15) is 0 Å². The fourth-order valence-electron chi connectivity index (χ4n) is 3.18. The van der Waals surface area contributed by atoms with Crippen LogP contribution in [0.1, 0.15) is 31.2 Å². The lowest BCUT2D eigenvalue weighted by Crippen LogP contribution is -2.40. The van der Waals surface area contributed by atoms with Gasteiger partial charge in [0.05, 0.1) is 14.2 Å². The molecule has 0 radical (unpaired) electrons. The normalized spacial score (nSPS) is 18.5. The Bertz CT molecular complexity index is 519. The Balaban J connectivity index is 1.81. The minimum absolute atomic E-state index is 0.130. The number of rotatable bonds is 7. The lowest BCUT2D eigenvalue weighted by Gasteiger charge is -2.31. The first-order chi connectivity index (χ1) is 11.2. The van der Waals surface area contributed by atoms with Crippen LogP contribution >= 0.6 is 0 Å². The summed E-state index contributed by atoms with van der Waals surface area (Å²) in [5, 5.41) is 3.03. The van der Waals surface area contributed by atoms with Crippen molar-refractivity contribution < 1.29 is 14.3 Å². The number of nitrogens with one attached hydrogen (secondary N) is 1. The molecular weight excluding hydrogens is 292 g/mol. The largest absolute Gasteiger partial charge is 0.493 e. The lowest BCUT2D eigenvalue weighted by molar-refractivity contribution is -0.122. The van der Waals surface area contributed by atoms with Crippen molar-refractivity contribution in [2.45, 2.75) is 38.1 Å². The van der Waals surface area contributed by atoms with E-state index in [0.29, 0.717) is 19.0 Å². The zero-order chi connectivity index (χ0) is 16.7. The van der Waals surface area contributed by atoms with Crippen LogP contribution in [-0.2, 0) is 11.2 Å². The second-order valence-electron chi connectivity index (χ2n) is 6.09. The van der Waals surface area contributed by atoms with Crippen LogP contribution in [0.5, 0.6) is 11.5 Å². The summed E-state index contributed by atoms with van der Waals surface area (Å²) >= 11 is 0. The van der Waals surface area contributed by atoms with E-state index in [1.807, 2.05) is 18.2 Å². The van der Waals surface area contributed by atoms with Crippen LogP contribution in [0, 0.1) is 0 Å². The maximum absolute atomic E-state index is 12.1. The molecule has 1 aromatic carbocycles. The molecule has 2 rings (SSSR count). The molecule has 0 unspecified atom stereocenters. The molecule has 128 valence electrons. The van der Waals surface area contributed by atoms with Crippen molar-refractivity contribution in [2.75, 3.05) is 34.4 Å². The highest BCUT2D eigenvalue weighted by atomic mass is 16.5. The molecule has 1 aromatic rings. The molecule has 0 bridgehead atoms. The molecule has 1 N–H and O–H groups in total. The first kappa shape index (κ1) is 17.6. The van der Waals surface area contributed by atoms with Crippen molar-refractivity contribution in [3.63, 3.8) is 0 Å². The van der Waals surface area contributed by atoms with E-state index < -0.39 is 0 Å². The predicted octanol–water partition coefficient (Wildman–Crippen LogP) is 2.24. The van der Waals surface area contributed by atoms with Crippen LogP contribution in [0.3, 0.4) is 0 Å². The molecule has 0 aromatic heterocycles. The average Bonchev–Trinajstić information content (AvgIpc) is 2.56. The van der Waals surface area contributed by atoms with E-state index in [2.05, 4.69) is 17.3 Å². The fraction of sp³-hybridized carbons (Fsp3) is 0.611. The maximum Gasteiger partial charge on any atom is 0.221 e. The fourth-order valence-corrected chi connectivity index (χ4v) is 3.18. The maximum atomic E-state index is 12.1. The molecule has 1 amide bonds. The van der Waals surface area contributed by atoms with Crippen LogP contribution in [-0.4, -0.2) is 51.2 Å². The number of para-hydroxylation sites is 1. The highest BCUT2D eigenvalue weighted by Gasteiger charge is 2.21. The Labute approximate surface area is 139 Å². The quantitative estimate of drug-likeness (QED) is 0.837. The molecule has 1 saturated heterocycles. The van der Waals surface area contributed by atoms with Gasteiger partial charge in [-0.1, -0.05) is 18.6 Å². The summed E-state index contributed by atoms with van der Waals surface area (Å²) in [6.45, 7) is 1.71. The Hall–Kier alpha value is -1.75. The number of likely N-dealkylation sites (tertiary alicyclic amines) is 1. The highest BCUT2D eigenvalue weighted by Crippen LogP contribution is 2.30. The number of carbonyl (C=O) groups excluding carboxylic acids is 1. The summed E-state index contributed by atoms with van der Waals surface area (Å²) < 4.78 is 10.7. The topological polar surface area (TPSA) is 50.8 Å². The summed E-state index contributed by atoms with van der Waals surface area (Å²) in [6.07, 6.45) is 4.90. The van der Waals surface area contributed by atoms with Crippen molar-refractivity contribution >= 4 is 5.91 Å². The van der Waals surface area contributed by atoms with Crippen molar-refractivity contribution in [1.29, 1.82) is 0 Å². The van der Waals surface area contributed by atoms with Crippen LogP contribution in [0.4, 0.5) is 0 Å². The van der Waals surface area contributed by atoms with Crippen LogP contribution < -0.4 is 14.8 Å². The molecule has 1 heterocycles. The van der Waals surface area contributed by atoms with Gasteiger partial charge in [-0.3, -0.25) is 4.79 Å². The number of ether oxygens (including phenoxy) is 2. The molecule has 23 heavy (non-hydrogen) atoms. The van der Waals surface area contributed by atoms with Gasteiger partial charge in [-0.05, 0) is 44.5 Å². The summed E-state index contributed by atoms with van der Waals surface area (Å²) in [6, 6.07) is 6.20. The number of methoxy groups -OCH3 is 2. The minimum atomic E-state index is 0.130. The number of piperidine rings is 1. The van der Waals surface area contributed by atoms with E-state index in [1.165, 1.54) is 12.8 Å². The van der Waals surface area contributed by atoms with Gasteiger partial charge in [0.25, 0.3) is 0 Å². The van der Waals surface area contributed by atoms with Gasteiger partial charge in [-0.15, -0.1) is 0 Å². The zero-order valence-electron chi connectivity index (χ0n) is 14.4. The summed E-state index contributed by atoms with van der Waals surface area (Å²) in [7, 11) is 5.38. The van der Waals surface area contributed by atoms with E-state index in [9.17, 15) is 4.79 Å². The Morgan fingerprint density at radius 2 is 2.13 bits per heavy atom. The van der Waals surface area contributed by atoms with Crippen molar-refractivity contribution in [3.05, 3.63) is 23.8 Å². The van der Waals surface area contributed by atoms with Crippen molar-refractivity contribution in [2.24, 2.45) is 0 Å². The minimum Gasteiger partial charge on any atom is -0.493 e. The first-order valence-electron chi connectivity index (χ1n) is 8.32. The molecule has 0 aliphatic carbocycles. The Morgan fingerprint density at radius 1 is 1.30 bits per heavy atom. The molecule has 0 saturated carbocycles. The van der Waals surface area contributed by atoms with Gasteiger partial charge in [0.2, 0.25) is 5.91 Å². The van der Waals surface area contributed by atoms with Crippen molar-refractivity contribution in [3.8, 4) is 11.5 Å². The SMILES string of the molecule is COc1cccc(CCNC(=O)C[C@H]2CCCCN2C)c1OC. The standard InChI is InChI=1S/C18H28N2O3/c1-20-12-5-4-8-15(20)13-17(21)19-11-10-14-7-6-9-16(22-2)18(14)23-3/h6-7,9,15H,4-5,8,10-13H2,1-3H3,(H,19,21)/t15-/m1/s1. The smallest absolute Gasteiger partial charge is 0.221 e. The molecule has 1 fully saturated rings. The number of hydrogen-bond acceptors (Lipinski definition) is 4. The monoisotopic (exact) mass is 320 g/mol. The molecule has 5 heteroatoms. The van der Waals surface area contributed by atoms with Gasteiger partial charge < -0.3 is 19.7 Å². The van der Waals surface area contributed by atoms with E-state index >= 15 is 0 Å². The highest BCUT2D eigenvalue weighted by molar-refractivity contribution is 5.76. The van der Waals surface area contributed by atoms with E-state index in [1.54, 1.807) is 14.2 Å². The van der Waals surface area contributed by atoms with Gasteiger partial charge >= 0.3 is 0 Å². The molecule has 5 nitrogen and oxygen atoms in total. The average molecular weight is 320 g/mol. The number of hydrogen-bond donors (Lipinski definition) is 1. The Kier molecular flexibility index (Phi) is 6.71. The molecule has 1 aliphatic rings. The third-order valence-corrected chi connectivity index (χ3v) is 4.54. The van der Waals surface area contributed by atoms with Crippen LogP contribution in [0.15, 0.2) is 18.2 Å². The lowest BCUT2D eigenvalue weighted by atomic mass is 10.00. The third-order valence-electron chi connectivity index (χ3n) is 4.54. The first-order valence-corrected chi connectivity index (χ1v) is 8.32. The van der Waals surface area contributed by atoms with Crippen LogP contribution in [0.25, 0.3) is 0 Å². The second kappa shape index (κ2) is 8.77. The second-order valence-corrected chi connectivity index (χ2v) is 6.09. The van der Waals surface area contributed by atoms with Crippen LogP contribution in [0.2, 0.25) is 0 Å². The number of carbonyl (C=O) groups is 1. The summed E-state index contributed by atoms with van der Waals surface area (Å²) in [5.41, 5.74) is 1.04. The van der Waals surface area contributed by atoms with E-state index in [-0.39, 0.29) is 5.91 Å². The molecule has 0 spiro atoms. The zero-order valence-corrected chi connectivity index (χ0v) is 14.4. The van der Waals surface area contributed by atoms with Gasteiger partial charge in [0, 0.05) is 19.0 Å². The van der Waals surface area contributed by atoms with Gasteiger partial charge in [-0.2, -0.15) is 0 Å². The molecule has 1 aliphatic heterocycles. The third kappa shape index (κ3) is 4.86. The molecular formula is C18H28N2O3. The van der Waals surface area contributed by atoms with Gasteiger partial charge in [-0.25, -0.2) is 0 Å². The predicted molar refractivity (Wildman–Crippen MR) is 91.1 cm³/mol. The molecule has 1 atom stereocenters. The van der Waals surface area contributed by atoms with E-state index in [0.717, 1.165) is 36.4 Å². The number of nitrogens with zero attached hydrogens (tertiary/aromatic N) is 1. The van der Waals surface area contributed by atoms with Crippen molar-refractivity contribution in [1.82, 2.24) is 10.2 Å². The van der Waals surface area contributed by atoms with E-state index in [4.69, 9.17) is 9.47 Å². The Morgan fingerprint density at radius 3 is 2.83 bits per heavy atom. The van der Waals surface area contributed by atoms with Gasteiger partial charge in [0.15, 0.2) is 11.5 Å². The summed E-state index contributed by atoms with van der Waals surface area (Å²) in [4.78, 5) is 14.4.